The van der Waals surface area contributed by atoms with Crippen molar-refractivity contribution in [2.24, 2.45) is 5.73 Å². The van der Waals surface area contributed by atoms with E-state index in [0.29, 0.717) is 16.8 Å². The third-order valence-corrected chi connectivity index (χ3v) is 4.19. The first kappa shape index (κ1) is 17.1. The van der Waals surface area contributed by atoms with Gasteiger partial charge in [-0.3, -0.25) is 4.79 Å². The van der Waals surface area contributed by atoms with Crippen LogP contribution in [0, 0.1) is 0 Å². The maximum atomic E-state index is 12.7. The third-order valence-electron chi connectivity index (χ3n) is 3.87. The van der Waals surface area contributed by atoms with Crippen LogP contribution in [0.25, 0.3) is 22.2 Å². The van der Waals surface area contributed by atoms with Gasteiger partial charge in [0.2, 0.25) is 5.91 Å². The highest BCUT2D eigenvalue weighted by molar-refractivity contribution is 6.35. The van der Waals surface area contributed by atoms with E-state index in [1.165, 1.54) is 12.1 Å². The lowest BCUT2D eigenvalue weighted by molar-refractivity contribution is -0.137. The van der Waals surface area contributed by atoms with Gasteiger partial charge in [-0.25, -0.2) is 0 Å². The van der Waals surface area contributed by atoms with E-state index in [4.69, 9.17) is 17.3 Å². The number of halogens is 4. The molecule has 2 N–H and O–H groups in total. The van der Waals surface area contributed by atoms with Gasteiger partial charge >= 0.3 is 6.18 Å². The van der Waals surface area contributed by atoms with Crippen LogP contribution in [0.15, 0.2) is 55.2 Å². The summed E-state index contributed by atoms with van der Waals surface area (Å²) in [5.74, 6) is -0.677. The van der Waals surface area contributed by atoms with Crippen LogP contribution in [0.5, 0.6) is 0 Å². The van der Waals surface area contributed by atoms with Gasteiger partial charge < -0.3 is 10.3 Å². The van der Waals surface area contributed by atoms with Crippen molar-refractivity contribution in [3.05, 3.63) is 71.4 Å². The van der Waals surface area contributed by atoms with Crippen molar-refractivity contribution in [1.29, 1.82) is 0 Å². The van der Waals surface area contributed by atoms with Crippen LogP contribution in [0.4, 0.5) is 13.2 Å². The van der Waals surface area contributed by atoms with Gasteiger partial charge in [-0.2, -0.15) is 13.2 Å². The summed E-state index contributed by atoms with van der Waals surface area (Å²) in [4.78, 5) is 11.3. The molecule has 0 radical (unpaired) electrons. The maximum absolute atomic E-state index is 12.7. The van der Waals surface area contributed by atoms with Gasteiger partial charge in [0.15, 0.2) is 0 Å². The second-order valence-electron chi connectivity index (χ2n) is 5.46. The lowest BCUT2D eigenvalue weighted by Gasteiger charge is -2.11. The zero-order chi connectivity index (χ0) is 18.4. The minimum Gasteiger partial charge on any atom is -0.366 e. The van der Waals surface area contributed by atoms with Crippen molar-refractivity contribution >= 4 is 34.0 Å². The molecular weight excluding hydrogens is 353 g/mol. The van der Waals surface area contributed by atoms with Crippen LogP contribution < -0.4 is 5.73 Å². The molecule has 0 spiro atoms. The number of hydrogen-bond acceptors (Lipinski definition) is 1. The van der Waals surface area contributed by atoms with Crippen molar-refractivity contribution in [3.63, 3.8) is 0 Å². The molecule has 0 saturated heterocycles. The van der Waals surface area contributed by atoms with E-state index >= 15 is 0 Å². The second kappa shape index (κ2) is 5.97. The van der Waals surface area contributed by atoms with Crippen LogP contribution in [0.2, 0.25) is 5.02 Å². The van der Waals surface area contributed by atoms with Crippen molar-refractivity contribution < 1.29 is 18.0 Å². The van der Waals surface area contributed by atoms with Crippen LogP contribution in [-0.2, 0) is 11.0 Å². The summed E-state index contributed by atoms with van der Waals surface area (Å²) < 4.78 is 39.8. The van der Waals surface area contributed by atoms with Crippen molar-refractivity contribution in [2.45, 2.75) is 6.18 Å². The third kappa shape index (κ3) is 3.13. The molecule has 3 aromatic rings. The smallest absolute Gasteiger partial charge is 0.366 e. The zero-order valence-electron chi connectivity index (χ0n) is 12.8. The number of nitrogens with zero attached hydrogens (tertiary/aromatic N) is 1. The van der Waals surface area contributed by atoms with E-state index in [1.807, 2.05) is 0 Å². The van der Waals surface area contributed by atoms with Gasteiger partial charge in [0.1, 0.15) is 0 Å². The molecule has 0 aliphatic rings. The summed E-state index contributed by atoms with van der Waals surface area (Å²) in [6.45, 7) is 3.62. The molecule has 128 valence electrons. The lowest BCUT2D eigenvalue weighted by atomic mass is 10.0. The molecule has 7 heteroatoms. The highest BCUT2D eigenvalue weighted by atomic mass is 35.5. The fourth-order valence-electron chi connectivity index (χ4n) is 2.56. The normalized spacial score (nSPS) is 11.7. The van der Waals surface area contributed by atoms with E-state index < -0.39 is 17.6 Å². The van der Waals surface area contributed by atoms with E-state index in [0.717, 1.165) is 17.5 Å². The molecule has 0 fully saturated rings. The molecule has 0 aliphatic carbocycles. The minimum atomic E-state index is -4.38. The number of fused-ring (bicyclic) bond motifs is 1. The molecule has 2 aromatic carbocycles. The molecular formula is C18H12ClF3N2O. The number of benzene rings is 2. The lowest BCUT2D eigenvalue weighted by Crippen LogP contribution is -2.12. The highest BCUT2D eigenvalue weighted by Crippen LogP contribution is 2.32. The quantitative estimate of drug-likeness (QED) is 0.667. The summed E-state index contributed by atoms with van der Waals surface area (Å²) in [7, 11) is 0. The summed E-state index contributed by atoms with van der Waals surface area (Å²) in [5, 5.41) is 1.03. The summed E-state index contributed by atoms with van der Waals surface area (Å²) in [6, 6.07) is 9.86. The number of primary amides is 1. The van der Waals surface area contributed by atoms with Crippen LogP contribution in [0.1, 0.15) is 11.1 Å². The van der Waals surface area contributed by atoms with Gasteiger partial charge in [-0.15, -0.1) is 0 Å². The average Bonchev–Trinajstić information content (AvgIpc) is 2.95. The number of rotatable bonds is 3. The number of alkyl halides is 3. The molecule has 0 unspecified atom stereocenters. The molecule has 1 aromatic heterocycles. The molecule has 3 nitrogen and oxygen atoms in total. The predicted octanol–water partition coefficient (Wildman–Crippen LogP) is 4.80. The first-order valence-electron chi connectivity index (χ1n) is 7.16. The van der Waals surface area contributed by atoms with Crippen molar-refractivity contribution in [3.8, 4) is 5.69 Å². The molecule has 1 amide bonds. The number of amides is 1. The topological polar surface area (TPSA) is 48.0 Å². The molecule has 0 bridgehead atoms. The molecule has 3 rings (SSSR count). The van der Waals surface area contributed by atoms with Gasteiger partial charge in [0.25, 0.3) is 0 Å². The number of carbonyl (C=O) groups is 1. The SMILES string of the molecule is C=C(C(N)=O)c1cc2ccn(-c3ccc(C(F)(F)F)cc3)c2cc1Cl. The Morgan fingerprint density at radius 2 is 1.76 bits per heavy atom. The molecule has 0 aliphatic heterocycles. The van der Waals surface area contributed by atoms with E-state index in [2.05, 4.69) is 6.58 Å². The van der Waals surface area contributed by atoms with Crippen molar-refractivity contribution in [2.75, 3.05) is 0 Å². The fourth-order valence-corrected chi connectivity index (χ4v) is 2.83. The van der Waals surface area contributed by atoms with Crippen molar-refractivity contribution in [1.82, 2.24) is 4.57 Å². The largest absolute Gasteiger partial charge is 0.416 e. The number of nitrogens with two attached hydrogens (primary N) is 1. The van der Waals surface area contributed by atoms with Gasteiger partial charge in [-0.05, 0) is 42.5 Å². The second-order valence-corrected chi connectivity index (χ2v) is 5.87. The Balaban J connectivity index is 2.08. The van der Waals surface area contributed by atoms with Crippen LogP contribution in [0.3, 0.4) is 0 Å². The first-order chi connectivity index (χ1) is 11.7. The van der Waals surface area contributed by atoms with E-state index in [1.54, 1.807) is 29.0 Å². The summed E-state index contributed by atoms with van der Waals surface area (Å²) in [6.07, 6.45) is -2.68. The van der Waals surface area contributed by atoms with E-state index in [9.17, 15) is 18.0 Å². The van der Waals surface area contributed by atoms with Crippen LogP contribution >= 0.6 is 11.6 Å². The van der Waals surface area contributed by atoms with Crippen LogP contribution in [-0.4, -0.2) is 10.5 Å². The monoisotopic (exact) mass is 364 g/mol. The predicted molar refractivity (Wildman–Crippen MR) is 91.5 cm³/mol. The fraction of sp³-hybridized carbons (Fsp3) is 0.0556. The zero-order valence-corrected chi connectivity index (χ0v) is 13.5. The highest BCUT2D eigenvalue weighted by Gasteiger charge is 2.30. The number of hydrogen-bond donors (Lipinski definition) is 1. The minimum absolute atomic E-state index is 0.0918. The molecule has 0 atom stereocenters. The summed E-state index contributed by atoms with van der Waals surface area (Å²) in [5.41, 5.74) is 6.27. The first-order valence-corrected chi connectivity index (χ1v) is 7.53. The average molecular weight is 365 g/mol. The number of carbonyl (C=O) groups excluding carboxylic acids is 1. The van der Waals surface area contributed by atoms with Gasteiger partial charge in [0.05, 0.1) is 16.1 Å². The molecule has 1 heterocycles. The maximum Gasteiger partial charge on any atom is 0.416 e. The number of aromatic nitrogens is 1. The van der Waals surface area contributed by atoms with E-state index in [-0.39, 0.29) is 10.6 Å². The van der Waals surface area contributed by atoms with Gasteiger partial charge in [0, 0.05) is 28.4 Å². The Morgan fingerprint density at radius 1 is 1.12 bits per heavy atom. The molecule has 25 heavy (non-hydrogen) atoms. The van der Waals surface area contributed by atoms with Gasteiger partial charge in [-0.1, -0.05) is 18.2 Å². The Kier molecular flexibility index (Phi) is 4.08. The molecule has 0 saturated carbocycles. The summed E-state index contributed by atoms with van der Waals surface area (Å²) >= 11 is 6.21. The Morgan fingerprint density at radius 3 is 2.32 bits per heavy atom. The standard InChI is InChI=1S/C18H12ClF3N2O/c1-10(17(23)25)14-8-11-6-7-24(16(11)9-15(14)19)13-4-2-12(3-5-13)18(20,21)22/h2-9H,1H2,(H2,23,25). The Bertz CT molecular complexity index is 988. The Labute approximate surface area is 146 Å². The Hall–Kier alpha value is -2.73.